The van der Waals surface area contributed by atoms with Gasteiger partial charge in [-0.05, 0) is 31.0 Å². The fraction of sp³-hybridized carbons (Fsp3) is 0.214. The summed E-state index contributed by atoms with van der Waals surface area (Å²) in [6, 6.07) is 8.18. The maximum Gasteiger partial charge on any atom is 0.171 e. The van der Waals surface area contributed by atoms with Crippen molar-refractivity contribution in [1.82, 2.24) is 10.1 Å². The van der Waals surface area contributed by atoms with Gasteiger partial charge in [-0.25, -0.2) is 0 Å². The van der Waals surface area contributed by atoms with Crippen molar-refractivity contribution in [2.75, 3.05) is 5.73 Å². The average Bonchev–Trinajstić information content (AvgIpc) is 2.90. The first kappa shape index (κ1) is 10.9. The fourth-order valence-electron chi connectivity index (χ4n) is 2.32. The van der Waals surface area contributed by atoms with Crippen LogP contribution in [0.5, 0.6) is 0 Å². The third-order valence-electron chi connectivity index (χ3n) is 3.23. The summed E-state index contributed by atoms with van der Waals surface area (Å²) in [6.07, 6.45) is 1.01. The SMILES string of the molecule is CCc1ccc2[nH]c(C)c(-c3cc(N)no3)c2c1. The predicted octanol–water partition coefficient (Wildman–Crippen LogP) is 3.28. The lowest BCUT2D eigenvalue weighted by atomic mass is 10.0. The normalized spacial score (nSPS) is 11.2. The number of nitrogens with one attached hydrogen (secondary N) is 1. The number of benzene rings is 1. The fourth-order valence-corrected chi connectivity index (χ4v) is 2.32. The van der Waals surface area contributed by atoms with Crippen LogP contribution in [0.25, 0.3) is 22.2 Å². The zero-order valence-electron chi connectivity index (χ0n) is 10.4. The molecule has 0 aliphatic heterocycles. The molecule has 0 radical (unpaired) electrons. The molecule has 0 unspecified atom stereocenters. The van der Waals surface area contributed by atoms with E-state index in [1.807, 2.05) is 6.92 Å². The topological polar surface area (TPSA) is 67.8 Å². The lowest BCUT2D eigenvalue weighted by molar-refractivity contribution is 0.436. The van der Waals surface area contributed by atoms with Crippen LogP contribution in [0.15, 0.2) is 28.8 Å². The highest BCUT2D eigenvalue weighted by molar-refractivity contribution is 5.96. The summed E-state index contributed by atoms with van der Waals surface area (Å²) in [6.45, 7) is 4.17. The summed E-state index contributed by atoms with van der Waals surface area (Å²) in [5, 5.41) is 4.91. The van der Waals surface area contributed by atoms with E-state index in [0.717, 1.165) is 28.6 Å². The van der Waals surface area contributed by atoms with Crippen LogP contribution >= 0.6 is 0 Å². The molecule has 0 saturated carbocycles. The molecule has 4 nitrogen and oxygen atoms in total. The number of nitrogens with zero attached hydrogens (tertiary/aromatic N) is 1. The van der Waals surface area contributed by atoms with Gasteiger partial charge in [-0.1, -0.05) is 18.1 Å². The minimum Gasteiger partial charge on any atom is -0.381 e. The highest BCUT2D eigenvalue weighted by atomic mass is 16.5. The quantitative estimate of drug-likeness (QED) is 0.723. The molecular formula is C14H15N3O. The predicted molar refractivity (Wildman–Crippen MR) is 72.3 cm³/mol. The van der Waals surface area contributed by atoms with Crippen molar-refractivity contribution < 1.29 is 4.52 Å². The molecule has 0 aliphatic carbocycles. The highest BCUT2D eigenvalue weighted by Crippen LogP contribution is 2.33. The molecule has 0 fully saturated rings. The summed E-state index contributed by atoms with van der Waals surface area (Å²) in [7, 11) is 0. The minimum absolute atomic E-state index is 0.408. The van der Waals surface area contributed by atoms with Gasteiger partial charge in [0.25, 0.3) is 0 Å². The Labute approximate surface area is 105 Å². The second-order valence-corrected chi connectivity index (χ2v) is 4.47. The molecule has 92 valence electrons. The number of aryl methyl sites for hydroxylation is 2. The third-order valence-corrected chi connectivity index (χ3v) is 3.23. The minimum atomic E-state index is 0.408. The van der Waals surface area contributed by atoms with Crippen LogP contribution < -0.4 is 5.73 Å². The van der Waals surface area contributed by atoms with Gasteiger partial charge in [-0.15, -0.1) is 0 Å². The second-order valence-electron chi connectivity index (χ2n) is 4.47. The first-order chi connectivity index (χ1) is 8.69. The van der Waals surface area contributed by atoms with Gasteiger partial charge in [0.2, 0.25) is 0 Å². The van der Waals surface area contributed by atoms with Crippen molar-refractivity contribution in [1.29, 1.82) is 0 Å². The molecule has 2 heterocycles. The van der Waals surface area contributed by atoms with E-state index in [0.29, 0.717) is 11.6 Å². The number of nitrogens with two attached hydrogens (primary N) is 1. The number of H-pyrrole nitrogens is 1. The maximum absolute atomic E-state index is 5.62. The Bertz CT molecular complexity index is 709. The summed E-state index contributed by atoms with van der Waals surface area (Å²) in [5.74, 6) is 1.12. The molecule has 0 amide bonds. The lowest BCUT2D eigenvalue weighted by Crippen LogP contribution is -1.81. The van der Waals surface area contributed by atoms with E-state index in [1.165, 1.54) is 5.56 Å². The number of rotatable bonds is 2. The largest absolute Gasteiger partial charge is 0.381 e. The van der Waals surface area contributed by atoms with Gasteiger partial charge in [0.15, 0.2) is 11.6 Å². The van der Waals surface area contributed by atoms with Crippen LogP contribution in [0.3, 0.4) is 0 Å². The lowest BCUT2D eigenvalue weighted by Gasteiger charge is -1.98. The van der Waals surface area contributed by atoms with Crippen molar-refractivity contribution in [3.63, 3.8) is 0 Å². The first-order valence-electron chi connectivity index (χ1n) is 6.03. The van der Waals surface area contributed by atoms with Crippen molar-refractivity contribution in [2.24, 2.45) is 0 Å². The van der Waals surface area contributed by atoms with Crippen molar-refractivity contribution in [3.8, 4) is 11.3 Å². The van der Waals surface area contributed by atoms with Gasteiger partial charge in [0.05, 0.1) is 0 Å². The molecule has 3 N–H and O–H groups in total. The molecule has 18 heavy (non-hydrogen) atoms. The smallest absolute Gasteiger partial charge is 0.171 e. The Kier molecular flexibility index (Phi) is 2.37. The van der Waals surface area contributed by atoms with Gasteiger partial charge in [-0.3, -0.25) is 0 Å². The Balaban J connectivity index is 2.29. The number of anilines is 1. The van der Waals surface area contributed by atoms with E-state index in [1.54, 1.807) is 6.07 Å². The van der Waals surface area contributed by atoms with E-state index in [9.17, 15) is 0 Å². The summed E-state index contributed by atoms with van der Waals surface area (Å²) >= 11 is 0. The molecule has 4 heteroatoms. The molecule has 3 rings (SSSR count). The highest BCUT2D eigenvalue weighted by Gasteiger charge is 2.14. The van der Waals surface area contributed by atoms with E-state index >= 15 is 0 Å². The van der Waals surface area contributed by atoms with Crippen LogP contribution in [-0.4, -0.2) is 10.1 Å². The molecule has 0 spiro atoms. The molecule has 0 bridgehead atoms. The van der Waals surface area contributed by atoms with E-state index in [-0.39, 0.29) is 0 Å². The van der Waals surface area contributed by atoms with Crippen LogP contribution in [-0.2, 0) is 6.42 Å². The molecule has 1 aromatic carbocycles. The molecule has 0 atom stereocenters. The van der Waals surface area contributed by atoms with E-state index < -0.39 is 0 Å². The van der Waals surface area contributed by atoms with Gasteiger partial charge in [-0.2, -0.15) is 0 Å². The third kappa shape index (κ3) is 1.57. The van der Waals surface area contributed by atoms with Gasteiger partial charge in [0.1, 0.15) is 0 Å². The number of hydrogen-bond acceptors (Lipinski definition) is 3. The molecular weight excluding hydrogens is 226 g/mol. The van der Waals surface area contributed by atoms with Crippen LogP contribution in [0.1, 0.15) is 18.2 Å². The van der Waals surface area contributed by atoms with Gasteiger partial charge >= 0.3 is 0 Å². The molecule has 0 saturated heterocycles. The Morgan fingerprint density at radius 1 is 1.33 bits per heavy atom. The Hall–Kier alpha value is -2.23. The monoisotopic (exact) mass is 241 g/mol. The summed E-state index contributed by atoms with van der Waals surface area (Å²) in [5.41, 5.74) is 10.1. The van der Waals surface area contributed by atoms with Crippen molar-refractivity contribution >= 4 is 16.7 Å². The first-order valence-corrected chi connectivity index (χ1v) is 6.03. The van der Waals surface area contributed by atoms with E-state index in [2.05, 4.69) is 35.3 Å². The zero-order chi connectivity index (χ0) is 12.7. The van der Waals surface area contributed by atoms with Crippen LogP contribution in [0.2, 0.25) is 0 Å². The Morgan fingerprint density at radius 2 is 2.17 bits per heavy atom. The van der Waals surface area contributed by atoms with Crippen molar-refractivity contribution in [2.45, 2.75) is 20.3 Å². The molecule has 0 aliphatic rings. The number of hydrogen-bond donors (Lipinski definition) is 2. The number of fused-ring (bicyclic) bond motifs is 1. The van der Waals surface area contributed by atoms with Crippen LogP contribution in [0.4, 0.5) is 5.82 Å². The second kappa shape index (κ2) is 3.91. The standard InChI is InChI=1S/C14H15N3O/c1-3-9-4-5-11-10(6-9)14(8(2)16-11)12-7-13(15)17-18-12/h4-7,16H,3H2,1-2H3,(H2,15,17). The molecule has 2 aromatic heterocycles. The molecule has 3 aromatic rings. The zero-order valence-corrected chi connectivity index (χ0v) is 10.4. The van der Waals surface area contributed by atoms with Gasteiger partial charge < -0.3 is 15.2 Å². The number of aromatic amines is 1. The summed E-state index contributed by atoms with van der Waals surface area (Å²) in [4.78, 5) is 3.36. The van der Waals surface area contributed by atoms with E-state index in [4.69, 9.17) is 10.3 Å². The summed E-state index contributed by atoms with van der Waals surface area (Å²) < 4.78 is 5.28. The maximum atomic E-state index is 5.62. The average molecular weight is 241 g/mol. The Morgan fingerprint density at radius 3 is 2.83 bits per heavy atom. The van der Waals surface area contributed by atoms with Crippen LogP contribution in [0, 0.1) is 6.92 Å². The van der Waals surface area contributed by atoms with Gasteiger partial charge in [0, 0.05) is 28.2 Å². The van der Waals surface area contributed by atoms with Crippen molar-refractivity contribution in [3.05, 3.63) is 35.5 Å². The number of aromatic nitrogens is 2. The number of nitrogen functional groups attached to an aromatic ring is 1.